The lowest BCUT2D eigenvalue weighted by Crippen LogP contribution is -2.33. The van der Waals surface area contributed by atoms with E-state index in [0.29, 0.717) is 24.7 Å². The van der Waals surface area contributed by atoms with Crippen LogP contribution in [0.25, 0.3) is 0 Å². The van der Waals surface area contributed by atoms with Crippen LogP contribution < -0.4 is 16.2 Å². The van der Waals surface area contributed by atoms with Gasteiger partial charge in [0.1, 0.15) is 17.5 Å². The normalized spacial score (nSPS) is 14.3. The quantitative estimate of drug-likeness (QED) is 0.598. The van der Waals surface area contributed by atoms with Crippen LogP contribution in [0.15, 0.2) is 6.07 Å². The zero-order valence-corrected chi connectivity index (χ0v) is 11.4. The van der Waals surface area contributed by atoms with Gasteiger partial charge in [-0.15, -0.1) is 0 Å². The van der Waals surface area contributed by atoms with Gasteiger partial charge in [0.2, 0.25) is 0 Å². The van der Waals surface area contributed by atoms with Gasteiger partial charge in [-0.05, 0) is 26.7 Å². The fourth-order valence-electron chi connectivity index (χ4n) is 2.01. The fraction of sp³-hybridized carbons (Fsp3) is 0.615. The minimum Gasteiger partial charge on any atom is -0.353 e. The molecule has 0 bridgehead atoms. The van der Waals surface area contributed by atoms with Gasteiger partial charge in [-0.2, -0.15) is 5.26 Å². The van der Waals surface area contributed by atoms with E-state index in [1.165, 1.54) is 0 Å². The van der Waals surface area contributed by atoms with Crippen LogP contribution in [0.4, 0.5) is 11.6 Å². The summed E-state index contributed by atoms with van der Waals surface area (Å²) >= 11 is 0. The molecule has 102 valence electrons. The molecule has 0 atom stereocenters. The van der Waals surface area contributed by atoms with E-state index in [4.69, 9.17) is 11.1 Å². The molecule has 1 aliphatic rings. The van der Waals surface area contributed by atoms with Crippen LogP contribution in [0.2, 0.25) is 0 Å². The zero-order valence-electron chi connectivity index (χ0n) is 11.4. The number of anilines is 2. The molecule has 3 N–H and O–H groups in total. The van der Waals surface area contributed by atoms with Gasteiger partial charge in [-0.3, -0.25) is 0 Å². The molecule has 0 radical (unpaired) electrons. The van der Waals surface area contributed by atoms with Crippen molar-refractivity contribution in [2.75, 3.05) is 16.9 Å². The predicted molar refractivity (Wildman–Crippen MR) is 74.5 cm³/mol. The maximum Gasteiger partial charge on any atom is 0.145 e. The number of aromatic nitrogens is 2. The van der Waals surface area contributed by atoms with Crippen molar-refractivity contribution in [1.82, 2.24) is 9.97 Å². The number of nitrogen functional groups attached to an aromatic ring is 1. The van der Waals surface area contributed by atoms with E-state index in [2.05, 4.69) is 40.2 Å². The minimum absolute atomic E-state index is 0.279. The van der Waals surface area contributed by atoms with E-state index in [0.717, 1.165) is 24.5 Å². The smallest absolute Gasteiger partial charge is 0.145 e. The Morgan fingerprint density at radius 3 is 2.79 bits per heavy atom. The highest BCUT2D eigenvalue weighted by molar-refractivity contribution is 5.50. The van der Waals surface area contributed by atoms with Crippen LogP contribution in [0.1, 0.15) is 44.9 Å². The van der Waals surface area contributed by atoms with Crippen LogP contribution >= 0.6 is 0 Å². The average Bonchev–Trinajstić information content (AvgIpc) is 3.22. The van der Waals surface area contributed by atoms with Crippen LogP contribution in [0.3, 0.4) is 0 Å². The first-order valence-electron chi connectivity index (χ1n) is 6.65. The molecule has 1 aromatic rings. The first-order chi connectivity index (χ1) is 9.15. The summed E-state index contributed by atoms with van der Waals surface area (Å²) in [6.45, 7) is 4.84. The Kier molecular flexibility index (Phi) is 4.17. The highest BCUT2D eigenvalue weighted by atomic mass is 15.3. The lowest BCUT2D eigenvalue weighted by molar-refractivity contribution is 0.672. The van der Waals surface area contributed by atoms with Gasteiger partial charge < -0.3 is 10.3 Å². The Balaban J connectivity index is 2.29. The fourth-order valence-corrected chi connectivity index (χ4v) is 2.01. The molecule has 0 aliphatic heterocycles. The summed E-state index contributed by atoms with van der Waals surface area (Å²) < 4.78 is 0. The molecule has 2 rings (SSSR count). The second-order valence-electron chi connectivity index (χ2n) is 5.08. The van der Waals surface area contributed by atoms with E-state index in [9.17, 15) is 0 Å². The van der Waals surface area contributed by atoms with Gasteiger partial charge in [-0.1, -0.05) is 0 Å². The molecule has 0 spiro atoms. The van der Waals surface area contributed by atoms with Crippen molar-refractivity contribution >= 4 is 11.6 Å². The van der Waals surface area contributed by atoms with Crippen LogP contribution in [-0.2, 0) is 0 Å². The van der Waals surface area contributed by atoms with Crippen molar-refractivity contribution in [3.05, 3.63) is 11.9 Å². The number of rotatable bonds is 6. The molecular formula is C13H20N6. The first-order valence-corrected chi connectivity index (χ1v) is 6.65. The third-order valence-corrected chi connectivity index (χ3v) is 3.20. The van der Waals surface area contributed by atoms with Gasteiger partial charge >= 0.3 is 0 Å². The third kappa shape index (κ3) is 3.32. The maximum atomic E-state index is 8.76. The highest BCUT2D eigenvalue weighted by Gasteiger charge is 2.28. The SMILES string of the molecule is CC(C)N(CCC#N)c1cc(NN)nc(C2CC2)n1. The summed E-state index contributed by atoms with van der Waals surface area (Å²) in [5.41, 5.74) is 2.60. The predicted octanol–water partition coefficient (Wildman–Crippen LogP) is 1.77. The molecule has 6 nitrogen and oxygen atoms in total. The third-order valence-electron chi connectivity index (χ3n) is 3.20. The van der Waals surface area contributed by atoms with E-state index in [-0.39, 0.29) is 6.04 Å². The van der Waals surface area contributed by atoms with Crippen molar-refractivity contribution in [2.45, 2.75) is 45.1 Å². The van der Waals surface area contributed by atoms with Crippen LogP contribution in [0.5, 0.6) is 0 Å². The molecule has 0 aromatic carbocycles. The van der Waals surface area contributed by atoms with E-state index < -0.39 is 0 Å². The molecule has 1 saturated carbocycles. The molecular weight excluding hydrogens is 240 g/mol. The summed E-state index contributed by atoms with van der Waals surface area (Å²) in [4.78, 5) is 11.1. The summed E-state index contributed by atoms with van der Waals surface area (Å²) in [6.07, 6.45) is 2.77. The van der Waals surface area contributed by atoms with Gasteiger partial charge in [0, 0.05) is 24.6 Å². The highest BCUT2D eigenvalue weighted by Crippen LogP contribution is 2.39. The van der Waals surface area contributed by atoms with Crippen molar-refractivity contribution in [2.24, 2.45) is 5.84 Å². The van der Waals surface area contributed by atoms with Crippen molar-refractivity contribution in [1.29, 1.82) is 5.26 Å². The number of hydrazine groups is 1. The Morgan fingerprint density at radius 1 is 1.53 bits per heavy atom. The molecule has 19 heavy (non-hydrogen) atoms. The molecule has 1 fully saturated rings. The van der Waals surface area contributed by atoms with E-state index in [1.54, 1.807) is 0 Å². The van der Waals surface area contributed by atoms with Crippen LogP contribution in [0, 0.1) is 11.3 Å². The topological polar surface area (TPSA) is 90.9 Å². The summed E-state index contributed by atoms with van der Waals surface area (Å²) in [5, 5.41) is 8.76. The van der Waals surface area contributed by atoms with Crippen molar-refractivity contribution < 1.29 is 0 Å². The molecule has 0 unspecified atom stereocenters. The average molecular weight is 260 g/mol. The van der Waals surface area contributed by atoms with Crippen LogP contribution in [-0.4, -0.2) is 22.6 Å². The second-order valence-corrected chi connectivity index (χ2v) is 5.08. The lowest BCUT2D eigenvalue weighted by Gasteiger charge is -2.27. The number of nitrogens with two attached hydrogens (primary N) is 1. The number of nitrogens with zero attached hydrogens (tertiary/aromatic N) is 4. The maximum absolute atomic E-state index is 8.76. The molecule has 6 heteroatoms. The Morgan fingerprint density at radius 2 is 2.26 bits per heavy atom. The summed E-state index contributed by atoms with van der Waals surface area (Å²) in [7, 11) is 0. The first kappa shape index (κ1) is 13.6. The van der Waals surface area contributed by atoms with E-state index >= 15 is 0 Å². The largest absolute Gasteiger partial charge is 0.353 e. The molecule has 0 amide bonds. The molecule has 0 saturated heterocycles. The number of hydrogen-bond donors (Lipinski definition) is 2. The van der Waals surface area contributed by atoms with Gasteiger partial charge in [0.25, 0.3) is 0 Å². The minimum atomic E-state index is 0.279. The number of hydrogen-bond acceptors (Lipinski definition) is 6. The standard InChI is InChI=1S/C13H20N6/c1-9(2)19(7-3-6-14)12-8-11(18-15)16-13(17-12)10-4-5-10/h8-10H,3-5,7,15H2,1-2H3,(H,16,17,18). The summed E-state index contributed by atoms with van der Waals surface area (Å²) in [5.74, 6) is 8.27. The Labute approximate surface area is 113 Å². The van der Waals surface area contributed by atoms with Crippen molar-refractivity contribution in [3.8, 4) is 6.07 Å². The van der Waals surface area contributed by atoms with Gasteiger partial charge in [-0.25, -0.2) is 15.8 Å². The second kappa shape index (κ2) is 5.85. The Hall–Kier alpha value is -1.87. The summed E-state index contributed by atoms with van der Waals surface area (Å²) in [6, 6.07) is 4.29. The van der Waals surface area contributed by atoms with Gasteiger partial charge in [0.15, 0.2) is 0 Å². The monoisotopic (exact) mass is 260 g/mol. The lowest BCUT2D eigenvalue weighted by atomic mass is 10.2. The van der Waals surface area contributed by atoms with Gasteiger partial charge in [0.05, 0.1) is 12.5 Å². The number of nitrogens with one attached hydrogen (secondary N) is 1. The Bertz CT molecular complexity index is 475. The molecule has 1 aromatic heterocycles. The molecule has 1 heterocycles. The number of nitriles is 1. The molecule has 1 aliphatic carbocycles. The zero-order chi connectivity index (χ0) is 13.8. The van der Waals surface area contributed by atoms with Crippen molar-refractivity contribution in [3.63, 3.8) is 0 Å². The van der Waals surface area contributed by atoms with E-state index in [1.807, 2.05) is 6.07 Å².